The summed E-state index contributed by atoms with van der Waals surface area (Å²) < 4.78 is 6.16. The molecule has 3 rings (SSSR count). The fourth-order valence-corrected chi connectivity index (χ4v) is 2.74. The first-order valence-corrected chi connectivity index (χ1v) is 5.99. The lowest BCUT2D eigenvalue weighted by atomic mass is 9.84. The molecule has 2 N–H and O–H groups in total. The SMILES string of the molecule is Oc1ccc2c(c1)CCC1(CCNCC1)O2. The Hall–Kier alpha value is -1.22. The molecule has 0 atom stereocenters. The summed E-state index contributed by atoms with van der Waals surface area (Å²) >= 11 is 0. The van der Waals surface area contributed by atoms with Crippen molar-refractivity contribution in [1.82, 2.24) is 5.32 Å². The zero-order chi connectivity index (χ0) is 11.0. The first-order chi connectivity index (χ1) is 7.77. The molecule has 1 aromatic rings. The van der Waals surface area contributed by atoms with Gasteiger partial charge in [-0.1, -0.05) is 0 Å². The normalized spacial score (nSPS) is 22.5. The summed E-state index contributed by atoms with van der Waals surface area (Å²) in [5.74, 6) is 1.30. The summed E-state index contributed by atoms with van der Waals surface area (Å²) in [6.07, 6.45) is 4.27. The van der Waals surface area contributed by atoms with Crippen molar-refractivity contribution < 1.29 is 9.84 Å². The van der Waals surface area contributed by atoms with E-state index in [1.807, 2.05) is 12.1 Å². The first-order valence-electron chi connectivity index (χ1n) is 5.99. The molecule has 0 radical (unpaired) electrons. The van der Waals surface area contributed by atoms with E-state index in [4.69, 9.17) is 4.74 Å². The molecule has 1 aromatic carbocycles. The highest BCUT2D eigenvalue weighted by molar-refractivity contribution is 5.41. The van der Waals surface area contributed by atoms with Crippen molar-refractivity contribution in [1.29, 1.82) is 0 Å². The van der Waals surface area contributed by atoms with E-state index in [1.54, 1.807) is 6.07 Å². The molecule has 0 amide bonds. The maximum atomic E-state index is 9.42. The number of benzene rings is 1. The highest BCUT2D eigenvalue weighted by atomic mass is 16.5. The average molecular weight is 219 g/mol. The largest absolute Gasteiger partial charge is 0.508 e. The molecular weight excluding hydrogens is 202 g/mol. The molecule has 86 valence electrons. The molecule has 2 heterocycles. The monoisotopic (exact) mass is 219 g/mol. The Morgan fingerprint density at radius 3 is 2.81 bits per heavy atom. The van der Waals surface area contributed by atoms with Crippen LogP contribution in [-0.4, -0.2) is 23.8 Å². The van der Waals surface area contributed by atoms with Crippen LogP contribution >= 0.6 is 0 Å². The van der Waals surface area contributed by atoms with E-state index in [2.05, 4.69) is 5.32 Å². The number of aromatic hydroxyl groups is 1. The number of piperidine rings is 1. The summed E-state index contributed by atoms with van der Waals surface area (Å²) in [6, 6.07) is 5.43. The van der Waals surface area contributed by atoms with E-state index in [1.165, 1.54) is 0 Å². The summed E-state index contributed by atoms with van der Waals surface area (Å²) in [5.41, 5.74) is 1.19. The highest BCUT2D eigenvalue weighted by Gasteiger charge is 2.37. The van der Waals surface area contributed by atoms with Gasteiger partial charge in [-0.15, -0.1) is 0 Å². The Kier molecular flexibility index (Phi) is 2.28. The van der Waals surface area contributed by atoms with Crippen molar-refractivity contribution in [3.63, 3.8) is 0 Å². The molecule has 0 aliphatic carbocycles. The van der Waals surface area contributed by atoms with E-state index in [0.717, 1.165) is 50.1 Å². The maximum absolute atomic E-state index is 9.42. The average Bonchev–Trinajstić information content (AvgIpc) is 2.31. The lowest BCUT2D eigenvalue weighted by molar-refractivity contribution is 0.0169. The minimum atomic E-state index is 0.0508. The molecule has 0 unspecified atom stereocenters. The molecule has 3 heteroatoms. The molecule has 3 nitrogen and oxygen atoms in total. The fourth-order valence-electron chi connectivity index (χ4n) is 2.74. The van der Waals surface area contributed by atoms with Gasteiger partial charge in [0.25, 0.3) is 0 Å². The third-order valence-electron chi connectivity index (χ3n) is 3.74. The fraction of sp³-hybridized carbons (Fsp3) is 0.538. The van der Waals surface area contributed by atoms with E-state index < -0.39 is 0 Å². The topological polar surface area (TPSA) is 41.5 Å². The number of phenolic OH excluding ortho intramolecular Hbond substituents is 1. The van der Waals surface area contributed by atoms with Gasteiger partial charge in [-0.2, -0.15) is 0 Å². The number of hydrogen-bond acceptors (Lipinski definition) is 3. The predicted octanol–water partition coefficient (Wildman–Crippen LogP) is 1.84. The van der Waals surface area contributed by atoms with Gasteiger partial charge < -0.3 is 15.2 Å². The van der Waals surface area contributed by atoms with Crippen LogP contribution in [0.2, 0.25) is 0 Å². The van der Waals surface area contributed by atoms with Crippen molar-refractivity contribution in [3.8, 4) is 11.5 Å². The second-order valence-electron chi connectivity index (χ2n) is 4.83. The van der Waals surface area contributed by atoms with E-state index in [-0.39, 0.29) is 5.60 Å². The number of hydrogen-bond donors (Lipinski definition) is 2. The Morgan fingerprint density at radius 2 is 2.00 bits per heavy atom. The van der Waals surface area contributed by atoms with Crippen LogP contribution in [0.1, 0.15) is 24.8 Å². The molecule has 1 saturated heterocycles. The summed E-state index contributed by atoms with van der Waals surface area (Å²) in [6.45, 7) is 2.10. The molecule has 0 aromatic heterocycles. The third-order valence-corrected chi connectivity index (χ3v) is 3.74. The smallest absolute Gasteiger partial charge is 0.123 e. The quantitative estimate of drug-likeness (QED) is 0.699. The van der Waals surface area contributed by atoms with Gasteiger partial charge in [0.05, 0.1) is 0 Å². The van der Waals surface area contributed by atoms with E-state index >= 15 is 0 Å². The van der Waals surface area contributed by atoms with Crippen LogP contribution in [0, 0.1) is 0 Å². The molecule has 2 aliphatic rings. The van der Waals surface area contributed by atoms with E-state index in [9.17, 15) is 5.11 Å². The van der Waals surface area contributed by atoms with E-state index in [0.29, 0.717) is 5.75 Å². The lowest BCUT2D eigenvalue weighted by Gasteiger charge is -2.41. The minimum Gasteiger partial charge on any atom is -0.508 e. The molecule has 1 spiro atoms. The molecule has 2 aliphatic heterocycles. The van der Waals surface area contributed by atoms with Gasteiger partial charge in [-0.3, -0.25) is 0 Å². The molecule has 0 bridgehead atoms. The highest BCUT2D eigenvalue weighted by Crippen LogP contribution is 2.39. The third kappa shape index (κ3) is 1.65. The van der Waals surface area contributed by atoms with Gasteiger partial charge in [0.2, 0.25) is 0 Å². The van der Waals surface area contributed by atoms with Gasteiger partial charge >= 0.3 is 0 Å². The number of nitrogens with one attached hydrogen (secondary N) is 1. The van der Waals surface area contributed by atoms with Gasteiger partial charge in [0.1, 0.15) is 17.1 Å². The Balaban J connectivity index is 1.88. The van der Waals surface area contributed by atoms with Gasteiger partial charge in [0.15, 0.2) is 0 Å². The zero-order valence-corrected chi connectivity index (χ0v) is 9.33. The number of ether oxygens (including phenoxy) is 1. The van der Waals surface area contributed by atoms with Crippen LogP contribution in [0.15, 0.2) is 18.2 Å². The summed E-state index contributed by atoms with van der Waals surface area (Å²) in [5, 5.41) is 12.8. The van der Waals surface area contributed by atoms with Crippen LogP contribution in [0.25, 0.3) is 0 Å². The van der Waals surface area contributed by atoms with Crippen molar-refractivity contribution in [2.45, 2.75) is 31.3 Å². The van der Waals surface area contributed by atoms with Crippen LogP contribution < -0.4 is 10.1 Å². The second kappa shape index (κ2) is 3.67. The standard InChI is InChI=1S/C13H17NO2/c15-11-1-2-12-10(9-11)3-4-13(16-12)5-7-14-8-6-13/h1-2,9,14-15H,3-8H2. The summed E-state index contributed by atoms with van der Waals surface area (Å²) in [4.78, 5) is 0. The number of phenols is 1. The summed E-state index contributed by atoms with van der Waals surface area (Å²) in [7, 11) is 0. The van der Waals surface area contributed by atoms with Crippen LogP contribution in [0.3, 0.4) is 0 Å². The van der Waals surface area contributed by atoms with Crippen LogP contribution in [0.4, 0.5) is 0 Å². The lowest BCUT2D eigenvalue weighted by Crippen LogP contribution is -2.48. The Morgan fingerprint density at radius 1 is 1.19 bits per heavy atom. The van der Waals surface area contributed by atoms with Crippen LogP contribution in [0.5, 0.6) is 11.5 Å². The molecular formula is C13H17NO2. The van der Waals surface area contributed by atoms with Crippen LogP contribution in [-0.2, 0) is 6.42 Å². The van der Waals surface area contributed by atoms with Crippen molar-refractivity contribution in [2.75, 3.05) is 13.1 Å². The number of rotatable bonds is 0. The zero-order valence-electron chi connectivity index (χ0n) is 9.33. The van der Waals surface area contributed by atoms with Crippen molar-refractivity contribution in [3.05, 3.63) is 23.8 Å². The van der Waals surface area contributed by atoms with Crippen molar-refractivity contribution in [2.24, 2.45) is 0 Å². The van der Waals surface area contributed by atoms with Crippen molar-refractivity contribution >= 4 is 0 Å². The minimum absolute atomic E-state index is 0.0508. The van der Waals surface area contributed by atoms with Gasteiger partial charge in [0, 0.05) is 0 Å². The maximum Gasteiger partial charge on any atom is 0.123 e. The first kappa shape index (κ1) is 9.97. The molecule has 0 saturated carbocycles. The Bertz CT molecular complexity index is 397. The molecule has 1 fully saturated rings. The molecule has 16 heavy (non-hydrogen) atoms. The number of fused-ring (bicyclic) bond motifs is 1. The Labute approximate surface area is 95.4 Å². The second-order valence-corrected chi connectivity index (χ2v) is 4.83. The predicted molar refractivity (Wildman–Crippen MR) is 61.9 cm³/mol. The van der Waals surface area contributed by atoms with Gasteiger partial charge in [-0.05, 0) is 62.5 Å². The van der Waals surface area contributed by atoms with Gasteiger partial charge in [-0.25, -0.2) is 0 Å². The number of aryl methyl sites for hydroxylation is 1.